The van der Waals surface area contributed by atoms with Crippen molar-refractivity contribution in [3.8, 4) is 0 Å². The lowest BCUT2D eigenvalue weighted by Crippen LogP contribution is -2.21. The van der Waals surface area contributed by atoms with Gasteiger partial charge in [-0.3, -0.25) is 0 Å². The fourth-order valence-electron chi connectivity index (χ4n) is 0.827. The second-order valence-corrected chi connectivity index (χ2v) is 2.33. The Morgan fingerprint density at radius 3 is 2.71 bits per heavy atom. The molecule has 4 nitrogen and oxygen atoms in total. The molecule has 0 atom stereocenters. The Morgan fingerprint density at radius 1 is 1.57 bits per heavy atom. The monoisotopic (exact) mass is 207 g/mol. The minimum absolute atomic E-state index is 0.00130. The van der Waals surface area contributed by atoms with Crippen LogP contribution in [0.1, 0.15) is 6.92 Å². The van der Waals surface area contributed by atoms with E-state index in [4.69, 9.17) is 0 Å². The third kappa shape index (κ3) is 2.04. The maximum Gasteiger partial charge on any atom is 0.436 e. The summed E-state index contributed by atoms with van der Waals surface area (Å²) in [7, 11) is 0. The van der Waals surface area contributed by atoms with Crippen molar-refractivity contribution in [2.45, 2.75) is 13.1 Å². The minimum Gasteiger partial charge on any atom is -0.462 e. The second-order valence-electron chi connectivity index (χ2n) is 2.33. The first-order valence-electron chi connectivity index (χ1n) is 3.69. The van der Waals surface area contributed by atoms with Crippen molar-refractivity contribution in [1.29, 1.82) is 0 Å². The number of ether oxygens (including phenoxy) is 1. The molecule has 14 heavy (non-hydrogen) atoms. The molecule has 0 saturated carbocycles. The SMILES string of the molecule is CCOC(=O)C1=C(C(F)(F)F)[N]N=C1. The van der Waals surface area contributed by atoms with E-state index in [-0.39, 0.29) is 6.61 Å². The zero-order valence-corrected chi connectivity index (χ0v) is 7.13. The van der Waals surface area contributed by atoms with Crippen LogP contribution in [-0.4, -0.2) is 25.0 Å². The Labute approximate surface area is 77.4 Å². The van der Waals surface area contributed by atoms with Gasteiger partial charge in [0.2, 0.25) is 0 Å². The van der Waals surface area contributed by atoms with Crippen LogP contribution < -0.4 is 5.43 Å². The largest absolute Gasteiger partial charge is 0.462 e. The highest BCUT2D eigenvalue weighted by molar-refractivity contribution is 6.11. The molecule has 0 aromatic rings. The molecule has 0 unspecified atom stereocenters. The smallest absolute Gasteiger partial charge is 0.436 e. The minimum atomic E-state index is -4.68. The molecule has 0 aliphatic carbocycles. The van der Waals surface area contributed by atoms with Gasteiger partial charge < -0.3 is 4.74 Å². The number of halogens is 3. The van der Waals surface area contributed by atoms with Crippen LogP contribution in [0.25, 0.3) is 0 Å². The molecule has 0 aromatic carbocycles. The topological polar surface area (TPSA) is 52.8 Å². The Morgan fingerprint density at radius 2 is 2.21 bits per heavy atom. The van der Waals surface area contributed by atoms with E-state index in [2.05, 4.69) is 15.3 Å². The summed E-state index contributed by atoms with van der Waals surface area (Å²) < 4.78 is 40.9. The normalized spacial score (nSPS) is 15.7. The second kappa shape index (κ2) is 3.69. The number of allylic oxidation sites excluding steroid dienone is 1. The van der Waals surface area contributed by atoms with Crippen LogP contribution in [0.5, 0.6) is 0 Å². The molecule has 0 aromatic heterocycles. The van der Waals surface area contributed by atoms with Gasteiger partial charge in [0.05, 0.1) is 12.8 Å². The van der Waals surface area contributed by atoms with Gasteiger partial charge in [-0.1, -0.05) is 0 Å². The van der Waals surface area contributed by atoms with Crippen LogP contribution in [0, 0.1) is 0 Å². The van der Waals surface area contributed by atoms with E-state index in [0.29, 0.717) is 0 Å². The lowest BCUT2D eigenvalue weighted by molar-refractivity contribution is -0.139. The summed E-state index contributed by atoms with van der Waals surface area (Å²) in [5, 5.41) is 3.02. The van der Waals surface area contributed by atoms with Crippen molar-refractivity contribution < 1.29 is 22.7 Å². The van der Waals surface area contributed by atoms with E-state index in [9.17, 15) is 18.0 Å². The molecule has 0 N–H and O–H groups in total. The predicted octanol–water partition coefficient (Wildman–Crippen LogP) is 0.970. The van der Waals surface area contributed by atoms with Gasteiger partial charge in [0, 0.05) is 0 Å². The highest BCUT2D eigenvalue weighted by atomic mass is 19.4. The summed E-state index contributed by atoms with van der Waals surface area (Å²) in [5.41, 5.74) is 0.852. The highest BCUT2D eigenvalue weighted by Crippen LogP contribution is 2.29. The Bertz CT molecular complexity index is 307. The van der Waals surface area contributed by atoms with Crippen molar-refractivity contribution in [2.75, 3.05) is 6.61 Å². The lowest BCUT2D eigenvalue weighted by atomic mass is 10.2. The molecular formula is C7H6F3N2O2. The number of carbonyl (C=O) groups is 1. The predicted molar refractivity (Wildman–Crippen MR) is 40.3 cm³/mol. The van der Waals surface area contributed by atoms with E-state index in [1.165, 1.54) is 6.92 Å². The Balaban J connectivity index is 2.92. The molecule has 0 bridgehead atoms. The van der Waals surface area contributed by atoms with Crippen molar-refractivity contribution in [3.63, 3.8) is 0 Å². The lowest BCUT2D eigenvalue weighted by Gasteiger charge is -2.07. The van der Waals surface area contributed by atoms with Gasteiger partial charge in [-0.25, -0.2) is 4.79 Å². The molecule has 1 aliphatic rings. The standard InChI is InChI=1S/C7H6F3N2O2/c1-2-14-6(13)4-3-11-12-5(4)7(8,9)10/h3H,2H2,1H3. The molecule has 77 valence electrons. The van der Waals surface area contributed by atoms with E-state index in [1.54, 1.807) is 0 Å². The molecule has 1 rings (SSSR count). The number of carbonyl (C=O) groups excluding carboxylic acids is 1. The third-order valence-corrected chi connectivity index (χ3v) is 1.36. The quantitative estimate of drug-likeness (QED) is 0.633. The first-order chi connectivity index (χ1) is 6.46. The molecule has 0 fully saturated rings. The van der Waals surface area contributed by atoms with E-state index < -0.39 is 23.4 Å². The summed E-state index contributed by atoms with van der Waals surface area (Å²) in [4.78, 5) is 11.0. The van der Waals surface area contributed by atoms with Crippen molar-refractivity contribution in [1.82, 2.24) is 5.43 Å². The first-order valence-corrected chi connectivity index (χ1v) is 3.69. The van der Waals surface area contributed by atoms with Crippen LogP contribution in [0.3, 0.4) is 0 Å². The summed E-state index contributed by atoms with van der Waals surface area (Å²) in [6.07, 6.45) is -3.95. The maximum atomic E-state index is 12.2. The van der Waals surface area contributed by atoms with Crippen LogP contribution >= 0.6 is 0 Å². The molecule has 0 spiro atoms. The zero-order valence-electron chi connectivity index (χ0n) is 7.13. The van der Waals surface area contributed by atoms with Crippen molar-refractivity contribution in [3.05, 3.63) is 11.3 Å². The summed E-state index contributed by atoms with van der Waals surface area (Å²) in [5.74, 6) is -1.06. The molecule has 1 heterocycles. The van der Waals surface area contributed by atoms with Crippen LogP contribution in [0.2, 0.25) is 0 Å². The van der Waals surface area contributed by atoms with Gasteiger partial charge in [0.1, 0.15) is 5.57 Å². The fraction of sp³-hybridized carbons (Fsp3) is 0.429. The van der Waals surface area contributed by atoms with Crippen molar-refractivity contribution >= 4 is 12.2 Å². The van der Waals surface area contributed by atoms with E-state index >= 15 is 0 Å². The van der Waals surface area contributed by atoms with Crippen molar-refractivity contribution in [2.24, 2.45) is 5.10 Å². The number of nitrogens with zero attached hydrogens (tertiary/aromatic N) is 2. The highest BCUT2D eigenvalue weighted by Gasteiger charge is 2.42. The zero-order chi connectivity index (χ0) is 10.8. The molecule has 0 saturated heterocycles. The molecule has 7 heteroatoms. The summed E-state index contributed by atoms with van der Waals surface area (Å²) in [6, 6.07) is 0. The number of hydrogen-bond donors (Lipinski definition) is 0. The van der Waals surface area contributed by atoms with Gasteiger partial charge >= 0.3 is 12.1 Å². The first kappa shape index (κ1) is 10.6. The third-order valence-electron chi connectivity index (χ3n) is 1.36. The Hall–Kier alpha value is -1.53. The van der Waals surface area contributed by atoms with Gasteiger partial charge in [-0.05, 0) is 6.92 Å². The maximum absolute atomic E-state index is 12.2. The van der Waals surface area contributed by atoms with Crippen LogP contribution in [0.15, 0.2) is 16.4 Å². The number of alkyl halides is 3. The number of rotatable bonds is 2. The van der Waals surface area contributed by atoms with Gasteiger partial charge in [0.25, 0.3) is 0 Å². The Kier molecular flexibility index (Phi) is 2.78. The number of esters is 1. The van der Waals surface area contributed by atoms with Gasteiger partial charge in [0.15, 0.2) is 5.70 Å². The summed E-state index contributed by atoms with van der Waals surface area (Å²) in [6.45, 7) is 1.50. The van der Waals surface area contributed by atoms with Gasteiger partial charge in [-0.2, -0.15) is 18.3 Å². The van der Waals surface area contributed by atoms with Crippen LogP contribution in [0.4, 0.5) is 13.2 Å². The summed E-state index contributed by atoms with van der Waals surface area (Å²) >= 11 is 0. The molecular weight excluding hydrogens is 201 g/mol. The van der Waals surface area contributed by atoms with Gasteiger partial charge in [-0.15, -0.1) is 5.43 Å². The fourth-order valence-corrected chi connectivity index (χ4v) is 0.827. The molecule has 1 radical (unpaired) electrons. The average Bonchev–Trinajstić information content (AvgIpc) is 2.50. The number of hydrogen-bond acceptors (Lipinski definition) is 3. The molecule has 1 aliphatic heterocycles. The van der Waals surface area contributed by atoms with E-state index in [0.717, 1.165) is 6.21 Å². The molecule has 0 amide bonds. The average molecular weight is 207 g/mol. The van der Waals surface area contributed by atoms with E-state index in [1.807, 2.05) is 0 Å². The van der Waals surface area contributed by atoms with Crippen LogP contribution in [-0.2, 0) is 9.53 Å².